The summed E-state index contributed by atoms with van der Waals surface area (Å²) in [5.41, 5.74) is 0.234. The number of nitrogens with one attached hydrogen (secondary N) is 2. The Balaban J connectivity index is 2.55. The zero-order valence-electron chi connectivity index (χ0n) is 9.90. The van der Waals surface area contributed by atoms with Gasteiger partial charge >= 0.3 is 5.97 Å². The van der Waals surface area contributed by atoms with E-state index in [1.54, 1.807) is 0 Å². The van der Waals surface area contributed by atoms with E-state index in [1.165, 1.54) is 19.4 Å². The molecular formula is C11H15ClN2O4. The number of hydrogen-bond donors (Lipinski definition) is 3. The average molecular weight is 275 g/mol. The van der Waals surface area contributed by atoms with Crippen molar-refractivity contribution < 1.29 is 19.4 Å². The van der Waals surface area contributed by atoms with Gasteiger partial charge in [-0.3, -0.25) is 4.79 Å². The van der Waals surface area contributed by atoms with E-state index in [0.29, 0.717) is 24.5 Å². The van der Waals surface area contributed by atoms with Crippen LogP contribution in [0, 0.1) is 0 Å². The van der Waals surface area contributed by atoms with Crippen molar-refractivity contribution in [1.82, 2.24) is 10.3 Å². The summed E-state index contributed by atoms with van der Waals surface area (Å²) in [4.78, 5) is 25.3. The molecule has 0 saturated carbocycles. The predicted molar refractivity (Wildman–Crippen MR) is 65.8 cm³/mol. The summed E-state index contributed by atoms with van der Waals surface area (Å²) < 4.78 is 4.84. The molecule has 1 aromatic heterocycles. The number of carboxylic acids is 1. The minimum Gasteiger partial charge on any atom is -0.480 e. The molecule has 3 N–H and O–H groups in total. The number of carbonyl (C=O) groups is 2. The monoisotopic (exact) mass is 274 g/mol. The normalized spacial score (nSPS) is 12.1. The summed E-state index contributed by atoms with van der Waals surface area (Å²) in [5.74, 6) is -1.57. The van der Waals surface area contributed by atoms with Gasteiger partial charge in [-0.15, -0.1) is 0 Å². The molecule has 1 atom stereocenters. The van der Waals surface area contributed by atoms with Crippen molar-refractivity contribution in [3.63, 3.8) is 0 Å². The van der Waals surface area contributed by atoms with Crippen molar-refractivity contribution >= 4 is 23.5 Å². The van der Waals surface area contributed by atoms with Crippen LogP contribution in [-0.4, -0.2) is 41.7 Å². The van der Waals surface area contributed by atoms with Gasteiger partial charge in [-0.2, -0.15) is 0 Å². The fraction of sp³-hybridized carbons (Fsp3) is 0.455. The smallest absolute Gasteiger partial charge is 0.326 e. The first-order valence-corrected chi connectivity index (χ1v) is 5.79. The maximum atomic E-state index is 11.7. The van der Waals surface area contributed by atoms with E-state index in [4.69, 9.17) is 21.4 Å². The molecule has 6 nitrogen and oxygen atoms in total. The van der Waals surface area contributed by atoms with Gasteiger partial charge in [0.25, 0.3) is 5.91 Å². The van der Waals surface area contributed by atoms with Crippen LogP contribution in [0.3, 0.4) is 0 Å². The van der Waals surface area contributed by atoms with Gasteiger partial charge in [-0.1, -0.05) is 11.6 Å². The summed E-state index contributed by atoms with van der Waals surface area (Å²) in [6.07, 6.45) is 2.32. The molecule has 1 unspecified atom stereocenters. The number of aliphatic carboxylic acids is 1. The maximum absolute atomic E-state index is 11.7. The molecule has 1 amide bonds. The fourth-order valence-corrected chi connectivity index (χ4v) is 1.59. The molecule has 0 bridgehead atoms. The number of rotatable bonds is 7. The number of H-pyrrole nitrogens is 1. The molecule has 18 heavy (non-hydrogen) atoms. The number of aromatic nitrogens is 1. The summed E-state index contributed by atoms with van der Waals surface area (Å²) in [6, 6.07) is 0.500. The molecule has 0 aliphatic rings. The molecule has 0 aliphatic heterocycles. The third-order valence-electron chi connectivity index (χ3n) is 2.34. The number of ether oxygens (including phenoxy) is 1. The van der Waals surface area contributed by atoms with E-state index < -0.39 is 17.9 Å². The molecule has 1 rings (SSSR count). The molecule has 100 valence electrons. The third kappa shape index (κ3) is 4.38. The van der Waals surface area contributed by atoms with Crippen molar-refractivity contribution in [3.8, 4) is 0 Å². The summed E-state index contributed by atoms with van der Waals surface area (Å²) in [6.45, 7) is 0.452. The number of halogens is 1. The van der Waals surface area contributed by atoms with Gasteiger partial charge in [0.05, 0.1) is 5.02 Å². The third-order valence-corrected chi connectivity index (χ3v) is 2.56. The first-order chi connectivity index (χ1) is 8.54. The van der Waals surface area contributed by atoms with Crippen LogP contribution in [0.25, 0.3) is 0 Å². The first kappa shape index (κ1) is 14.5. The highest BCUT2D eigenvalue weighted by molar-refractivity contribution is 6.30. The lowest BCUT2D eigenvalue weighted by molar-refractivity contribution is -0.139. The van der Waals surface area contributed by atoms with Crippen molar-refractivity contribution in [2.75, 3.05) is 13.7 Å². The lowest BCUT2D eigenvalue weighted by Crippen LogP contribution is -2.41. The Labute approximate surface area is 109 Å². The quantitative estimate of drug-likeness (QED) is 0.653. The van der Waals surface area contributed by atoms with Gasteiger partial charge in [-0.05, 0) is 18.9 Å². The lowest BCUT2D eigenvalue weighted by atomic mass is 10.1. The summed E-state index contributed by atoms with van der Waals surface area (Å²) in [5, 5.41) is 11.8. The fourth-order valence-electron chi connectivity index (χ4n) is 1.42. The van der Waals surface area contributed by atoms with Crippen LogP contribution in [0.5, 0.6) is 0 Å². The highest BCUT2D eigenvalue weighted by atomic mass is 35.5. The Bertz CT molecular complexity index is 419. The number of amides is 1. The van der Waals surface area contributed by atoms with Gasteiger partial charge in [0.15, 0.2) is 0 Å². The molecule has 0 aliphatic carbocycles. The number of aromatic amines is 1. The Morgan fingerprint density at radius 1 is 1.61 bits per heavy atom. The molecule has 0 aromatic carbocycles. The molecule has 0 fully saturated rings. The minimum atomic E-state index is -1.07. The Morgan fingerprint density at radius 2 is 2.33 bits per heavy atom. The molecule has 0 spiro atoms. The second kappa shape index (κ2) is 7.03. The van der Waals surface area contributed by atoms with Crippen LogP contribution in [0.15, 0.2) is 12.3 Å². The van der Waals surface area contributed by atoms with Crippen LogP contribution in [0.2, 0.25) is 5.02 Å². The molecular weight excluding hydrogens is 260 g/mol. The van der Waals surface area contributed by atoms with Gasteiger partial charge in [0.1, 0.15) is 11.7 Å². The van der Waals surface area contributed by atoms with E-state index >= 15 is 0 Å². The molecule has 0 saturated heterocycles. The van der Waals surface area contributed by atoms with Gasteiger partial charge in [-0.25, -0.2) is 4.79 Å². The molecule has 0 radical (unpaired) electrons. The Kier molecular flexibility index (Phi) is 5.67. The van der Waals surface area contributed by atoms with Crippen LogP contribution < -0.4 is 5.32 Å². The molecule has 1 heterocycles. The number of hydrogen-bond acceptors (Lipinski definition) is 3. The largest absolute Gasteiger partial charge is 0.480 e. The topological polar surface area (TPSA) is 91.4 Å². The average Bonchev–Trinajstić information content (AvgIpc) is 2.74. The van der Waals surface area contributed by atoms with E-state index in [1.807, 2.05) is 0 Å². The number of carbonyl (C=O) groups excluding carboxylic acids is 1. The maximum Gasteiger partial charge on any atom is 0.326 e. The van der Waals surface area contributed by atoms with E-state index in [-0.39, 0.29) is 5.69 Å². The van der Waals surface area contributed by atoms with E-state index in [0.717, 1.165) is 0 Å². The van der Waals surface area contributed by atoms with Crippen LogP contribution in [0.1, 0.15) is 23.3 Å². The highest BCUT2D eigenvalue weighted by Gasteiger charge is 2.20. The Hall–Kier alpha value is -1.53. The van der Waals surface area contributed by atoms with Crippen molar-refractivity contribution in [2.45, 2.75) is 18.9 Å². The second-order valence-electron chi connectivity index (χ2n) is 3.73. The zero-order chi connectivity index (χ0) is 13.5. The van der Waals surface area contributed by atoms with E-state index in [9.17, 15) is 9.59 Å². The molecule has 1 aromatic rings. The first-order valence-electron chi connectivity index (χ1n) is 5.41. The minimum absolute atomic E-state index is 0.234. The predicted octanol–water partition coefficient (Wildman–Crippen LogP) is 1.28. The van der Waals surface area contributed by atoms with Crippen molar-refractivity contribution in [2.24, 2.45) is 0 Å². The van der Waals surface area contributed by atoms with Crippen LogP contribution in [-0.2, 0) is 9.53 Å². The standard InChI is InChI=1S/C11H15ClN2O4/c1-18-4-2-3-8(11(16)17)14-10(15)9-5-7(12)6-13-9/h5-6,8,13H,2-4H2,1H3,(H,14,15)(H,16,17). The second-order valence-corrected chi connectivity index (χ2v) is 4.17. The van der Waals surface area contributed by atoms with E-state index in [2.05, 4.69) is 10.3 Å². The zero-order valence-corrected chi connectivity index (χ0v) is 10.7. The number of carboxylic acid groups (broad SMARTS) is 1. The van der Waals surface area contributed by atoms with Gasteiger partial charge in [0, 0.05) is 19.9 Å². The van der Waals surface area contributed by atoms with Crippen LogP contribution in [0.4, 0.5) is 0 Å². The Morgan fingerprint density at radius 3 is 2.83 bits per heavy atom. The van der Waals surface area contributed by atoms with Crippen LogP contribution >= 0.6 is 11.6 Å². The summed E-state index contributed by atoms with van der Waals surface area (Å²) >= 11 is 5.66. The molecule has 7 heteroatoms. The van der Waals surface area contributed by atoms with Gasteiger partial charge in [0.2, 0.25) is 0 Å². The number of methoxy groups -OCH3 is 1. The highest BCUT2D eigenvalue weighted by Crippen LogP contribution is 2.09. The van der Waals surface area contributed by atoms with Crippen molar-refractivity contribution in [3.05, 3.63) is 23.0 Å². The van der Waals surface area contributed by atoms with Crippen molar-refractivity contribution in [1.29, 1.82) is 0 Å². The SMILES string of the molecule is COCCCC(NC(=O)c1cc(Cl)c[nH]1)C(=O)O. The summed E-state index contributed by atoms with van der Waals surface area (Å²) in [7, 11) is 1.54. The lowest BCUT2D eigenvalue weighted by Gasteiger charge is -2.13. The van der Waals surface area contributed by atoms with Gasteiger partial charge < -0.3 is 20.1 Å².